The van der Waals surface area contributed by atoms with Crippen LogP contribution in [0, 0.1) is 17.6 Å². The summed E-state index contributed by atoms with van der Waals surface area (Å²) in [6.07, 6.45) is 3.97. The fourth-order valence-corrected chi connectivity index (χ4v) is 3.16. The molecule has 0 amide bonds. The predicted molar refractivity (Wildman–Crippen MR) is 72.7 cm³/mol. The lowest BCUT2D eigenvalue weighted by atomic mass is 9.79. The fourth-order valence-electron chi connectivity index (χ4n) is 3.16. The van der Waals surface area contributed by atoms with Crippen LogP contribution in [0.15, 0.2) is 18.2 Å². The standard InChI is InChI=1S/C15H22F2N2/c1-19(2)15(10-3-6-12(18)7-4-10)13-8-5-11(16)9-14(13)17/h5,8-10,12,15H,3-4,6-7,18H2,1-2H3. The van der Waals surface area contributed by atoms with E-state index in [9.17, 15) is 8.78 Å². The molecule has 106 valence electrons. The van der Waals surface area contributed by atoms with Crippen LogP contribution in [0.2, 0.25) is 0 Å². The van der Waals surface area contributed by atoms with Crippen molar-refractivity contribution in [2.45, 2.75) is 37.8 Å². The number of hydrogen-bond acceptors (Lipinski definition) is 2. The molecule has 2 N–H and O–H groups in total. The highest BCUT2D eigenvalue weighted by Crippen LogP contribution is 2.37. The lowest BCUT2D eigenvalue weighted by Crippen LogP contribution is -2.34. The van der Waals surface area contributed by atoms with Crippen LogP contribution in [0.1, 0.15) is 37.3 Å². The average molecular weight is 268 g/mol. The molecule has 1 aromatic carbocycles. The Morgan fingerprint density at radius 3 is 2.32 bits per heavy atom. The second kappa shape index (κ2) is 5.97. The van der Waals surface area contributed by atoms with Crippen molar-refractivity contribution in [3.63, 3.8) is 0 Å². The zero-order valence-corrected chi connectivity index (χ0v) is 11.6. The zero-order chi connectivity index (χ0) is 14.0. The first-order chi connectivity index (χ1) is 8.99. The summed E-state index contributed by atoms with van der Waals surface area (Å²) < 4.78 is 27.0. The van der Waals surface area contributed by atoms with E-state index in [2.05, 4.69) is 0 Å². The summed E-state index contributed by atoms with van der Waals surface area (Å²) in [6, 6.07) is 4.15. The molecule has 2 nitrogen and oxygen atoms in total. The number of nitrogens with zero attached hydrogens (tertiary/aromatic N) is 1. The molecule has 1 saturated carbocycles. The van der Waals surface area contributed by atoms with Crippen molar-refractivity contribution in [1.29, 1.82) is 0 Å². The van der Waals surface area contributed by atoms with Crippen molar-refractivity contribution in [3.05, 3.63) is 35.4 Å². The van der Waals surface area contributed by atoms with Crippen molar-refractivity contribution in [3.8, 4) is 0 Å². The lowest BCUT2D eigenvalue weighted by molar-refractivity contribution is 0.160. The first kappa shape index (κ1) is 14.4. The molecule has 1 unspecified atom stereocenters. The van der Waals surface area contributed by atoms with Crippen LogP contribution in [0.3, 0.4) is 0 Å². The van der Waals surface area contributed by atoms with Gasteiger partial charge in [0, 0.05) is 23.7 Å². The number of hydrogen-bond donors (Lipinski definition) is 1. The van der Waals surface area contributed by atoms with Crippen LogP contribution in [0.5, 0.6) is 0 Å². The highest BCUT2D eigenvalue weighted by atomic mass is 19.1. The summed E-state index contributed by atoms with van der Waals surface area (Å²) in [7, 11) is 3.89. The Balaban J connectivity index is 2.24. The fraction of sp³-hybridized carbons (Fsp3) is 0.600. The van der Waals surface area contributed by atoms with Gasteiger partial charge in [0.15, 0.2) is 0 Å². The van der Waals surface area contributed by atoms with E-state index in [1.54, 1.807) is 6.07 Å². The molecule has 1 aliphatic carbocycles. The second-order valence-corrected chi connectivity index (χ2v) is 5.75. The van der Waals surface area contributed by atoms with Gasteiger partial charge in [-0.3, -0.25) is 0 Å². The molecule has 0 aromatic heterocycles. The maximum Gasteiger partial charge on any atom is 0.130 e. The molecule has 0 radical (unpaired) electrons. The van der Waals surface area contributed by atoms with Crippen LogP contribution in [-0.2, 0) is 0 Å². The molecular weight excluding hydrogens is 246 g/mol. The number of halogens is 2. The van der Waals surface area contributed by atoms with Gasteiger partial charge in [-0.2, -0.15) is 0 Å². The Bertz CT molecular complexity index is 426. The zero-order valence-electron chi connectivity index (χ0n) is 11.6. The summed E-state index contributed by atoms with van der Waals surface area (Å²) in [5, 5.41) is 0. The van der Waals surface area contributed by atoms with Crippen molar-refractivity contribution in [2.24, 2.45) is 11.7 Å². The highest BCUT2D eigenvalue weighted by molar-refractivity contribution is 5.23. The van der Waals surface area contributed by atoms with Gasteiger partial charge in [0.1, 0.15) is 11.6 Å². The predicted octanol–water partition coefficient (Wildman–Crippen LogP) is 3.09. The molecule has 1 fully saturated rings. The van der Waals surface area contributed by atoms with E-state index in [1.807, 2.05) is 19.0 Å². The molecule has 0 bridgehead atoms. The minimum atomic E-state index is -0.524. The van der Waals surface area contributed by atoms with Gasteiger partial charge in [-0.25, -0.2) is 8.78 Å². The maximum atomic E-state index is 14.0. The van der Waals surface area contributed by atoms with Crippen molar-refractivity contribution < 1.29 is 8.78 Å². The SMILES string of the molecule is CN(C)C(c1ccc(F)cc1F)C1CCC(N)CC1. The van der Waals surface area contributed by atoms with E-state index in [0.717, 1.165) is 31.7 Å². The van der Waals surface area contributed by atoms with Gasteiger partial charge in [0.05, 0.1) is 0 Å². The molecule has 1 aromatic rings. The summed E-state index contributed by atoms with van der Waals surface area (Å²) in [4.78, 5) is 2.03. The minimum Gasteiger partial charge on any atom is -0.328 e. The number of rotatable bonds is 3. The van der Waals surface area contributed by atoms with Gasteiger partial charge in [0.25, 0.3) is 0 Å². The summed E-state index contributed by atoms with van der Waals surface area (Å²) >= 11 is 0. The maximum absolute atomic E-state index is 14.0. The first-order valence-corrected chi connectivity index (χ1v) is 6.86. The van der Waals surface area contributed by atoms with Gasteiger partial charge in [-0.1, -0.05) is 6.07 Å². The molecular formula is C15H22F2N2. The molecule has 0 spiro atoms. The topological polar surface area (TPSA) is 29.3 Å². The number of nitrogens with two attached hydrogens (primary N) is 1. The van der Waals surface area contributed by atoms with Crippen molar-refractivity contribution in [1.82, 2.24) is 4.90 Å². The quantitative estimate of drug-likeness (QED) is 0.912. The Labute approximate surface area is 113 Å². The Morgan fingerprint density at radius 2 is 1.79 bits per heavy atom. The van der Waals surface area contributed by atoms with E-state index < -0.39 is 11.6 Å². The number of benzene rings is 1. The van der Waals surface area contributed by atoms with Crippen LogP contribution in [0.4, 0.5) is 8.78 Å². The molecule has 2 rings (SSSR count). The third-order valence-corrected chi connectivity index (χ3v) is 4.10. The lowest BCUT2D eigenvalue weighted by Gasteiger charge is -2.36. The molecule has 4 heteroatoms. The Morgan fingerprint density at radius 1 is 1.16 bits per heavy atom. The third-order valence-electron chi connectivity index (χ3n) is 4.10. The summed E-state index contributed by atoms with van der Waals surface area (Å²) in [5.74, 6) is -0.590. The van der Waals surface area contributed by atoms with E-state index in [4.69, 9.17) is 5.73 Å². The smallest absolute Gasteiger partial charge is 0.130 e. The molecule has 19 heavy (non-hydrogen) atoms. The van der Waals surface area contributed by atoms with Crippen molar-refractivity contribution in [2.75, 3.05) is 14.1 Å². The molecule has 0 heterocycles. The van der Waals surface area contributed by atoms with E-state index in [0.29, 0.717) is 11.5 Å². The second-order valence-electron chi connectivity index (χ2n) is 5.75. The largest absolute Gasteiger partial charge is 0.328 e. The van der Waals surface area contributed by atoms with Crippen LogP contribution < -0.4 is 5.73 Å². The normalized spacial score (nSPS) is 25.6. The minimum absolute atomic E-state index is 0.00639. The average Bonchev–Trinajstić information content (AvgIpc) is 2.34. The molecule has 0 aliphatic heterocycles. The van der Waals surface area contributed by atoms with E-state index >= 15 is 0 Å². The van der Waals surface area contributed by atoms with E-state index in [-0.39, 0.29) is 12.1 Å². The van der Waals surface area contributed by atoms with Crippen molar-refractivity contribution >= 4 is 0 Å². The van der Waals surface area contributed by atoms with Gasteiger partial charge in [0.2, 0.25) is 0 Å². The summed E-state index contributed by atoms with van der Waals surface area (Å²) in [6.45, 7) is 0. The van der Waals surface area contributed by atoms with Gasteiger partial charge in [-0.05, 0) is 51.8 Å². The van der Waals surface area contributed by atoms with Gasteiger partial charge < -0.3 is 10.6 Å². The monoisotopic (exact) mass is 268 g/mol. The van der Waals surface area contributed by atoms with Crippen LogP contribution in [0.25, 0.3) is 0 Å². The van der Waals surface area contributed by atoms with Gasteiger partial charge in [-0.15, -0.1) is 0 Å². The summed E-state index contributed by atoms with van der Waals surface area (Å²) in [5.41, 5.74) is 6.51. The highest BCUT2D eigenvalue weighted by Gasteiger charge is 2.30. The van der Waals surface area contributed by atoms with E-state index in [1.165, 1.54) is 6.07 Å². The van der Waals surface area contributed by atoms with Crippen LogP contribution >= 0.6 is 0 Å². The Hall–Kier alpha value is -1.00. The molecule has 0 saturated heterocycles. The first-order valence-electron chi connectivity index (χ1n) is 6.86. The Kier molecular flexibility index (Phi) is 4.53. The van der Waals surface area contributed by atoms with Gasteiger partial charge >= 0.3 is 0 Å². The third kappa shape index (κ3) is 3.31. The molecule has 1 atom stereocenters. The van der Waals surface area contributed by atoms with Crippen LogP contribution in [-0.4, -0.2) is 25.0 Å². The molecule has 1 aliphatic rings.